The second kappa shape index (κ2) is 7.17. The van der Waals surface area contributed by atoms with Gasteiger partial charge in [0.2, 0.25) is 0 Å². The Kier molecular flexibility index (Phi) is 4.47. The van der Waals surface area contributed by atoms with E-state index >= 15 is 0 Å². The van der Waals surface area contributed by atoms with Crippen molar-refractivity contribution in [2.24, 2.45) is 12.0 Å². The van der Waals surface area contributed by atoms with Crippen LogP contribution in [0.1, 0.15) is 10.7 Å². The Bertz CT molecular complexity index is 1390. The Hall–Kier alpha value is -3.33. The maximum absolute atomic E-state index is 13.2. The Morgan fingerprint density at radius 3 is 2.87 bits per heavy atom. The molecular weight excluding hydrogens is 398 g/mol. The van der Waals surface area contributed by atoms with Gasteiger partial charge >= 0.3 is 0 Å². The number of aromatic nitrogens is 5. The molecule has 0 saturated carbocycles. The van der Waals surface area contributed by atoms with E-state index in [1.807, 2.05) is 61.0 Å². The summed E-state index contributed by atoms with van der Waals surface area (Å²) in [5.41, 5.74) is 3.13. The van der Waals surface area contributed by atoms with Gasteiger partial charge in [-0.05, 0) is 18.2 Å². The van der Waals surface area contributed by atoms with E-state index in [0.717, 1.165) is 50.9 Å². The molecule has 1 aliphatic rings. The fourth-order valence-corrected chi connectivity index (χ4v) is 4.78. The molecule has 0 unspecified atom stereocenters. The molecule has 8 nitrogen and oxygen atoms in total. The normalized spacial score (nSPS) is 13.5. The molecule has 4 aromatic heterocycles. The first-order valence-corrected chi connectivity index (χ1v) is 10.5. The topological polar surface area (TPSA) is 81.2 Å². The van der Waals surface area contributed by atoms with Crippen LogP contribution in [0.5, 0.6) is 0 Å². The van der Waals surface area contributed by atoms with E-state index in [4.69, 9.17) is 4.98 Å². The lowest BCUT2D eigenvalue weighted by Crippen LogP contribution is -2.25. The molecule has 0 spiro atoms. The lowest BCUT2D eigenvalue weighted by atomic mass is 10.3. The second-order valence-corrected chi connectivity index (χ2v) is 8.57. The van der Waals surface area contributed by atoms with Crippen LogP contribution in [-0.2, 0) is 20.0 Å². The molecule has 5 heterocycles. The molecule has 0 aromatic carbocycles. The monoisotopic (exact) mass is 419 g/mol. The zero-order valence-electron chi connectivity index (χ0n) is 17.0. The number of allylic oxidation sites excluding steroid dienone is 1. The molecule has 0 saturated heterocycles. The molecule has 1 aliphatic heterocycles. The van der Waals surface area contributed by atoms with Gasteiger partial charge in [0.25, 0.3) is 5.56 Å². The van der Waals surface area contributed by atoms with Crippen molar-refractivity contribution < 1.29 is 0 Å². The van der Waals surface area contributed by atoms with Crippen LogP contribution < -0.4 is 10.5 Å². The fraction of sp³-hybridized carbons (Fsp3) is 0.286. The predicted molar refractivity (Wildman–Crippen MR) is 121 cm³/mol. The van der Waals surface area contributed by atoms with Gasteiger partial charge in [-0.1, -0.05) is 12.1 Å². The predicted octanol–water partition coefficient (Wildman–Crippen LogP) is 2.41. The highest BCUT2D eigenvalue weighted by Gasteiger charge is 2.19. The lowest BCUT2D eigenvalue weighted by molar-refractivity contribution is 0.632. The minimum Gasteiger partial charge on any atom is -0.363 e. The average molecular weight is 420 g/mol. The SMILES string of the molecule is CN(C)c1cccc(Cn2ncc3c4sc(CC5=NCC=C5)nc4n(C)c3c2=O)n1. The van der Waals surface area contributed by atoms with E-state index in [2.05, 4.69) is 15.1 Å². The van der Waals surface area contributed by atoms with Crippen LogP contribution in [0.4, 0.5) is 5.82 Å². The molecule has 0 bridgehead atoms. The van der Waals surface area contributed by atoms with Crippen LogP contribution in [0.15, 0.2) is 46.3 Å². The molecule has 5 rings (SSSR count). The molecule has 4 aromatic rings. The number of hydrogen-bond donors (Lipinski definition) is 0. The van der Waals surface area contributed by atoms with Crippen molar-refractivity contribution in [1.29, 1.82) is 0 Å². The molecule has 0 N–H and O–H groups in total. The number of aryl methyl sites for hydroxylation is 1. The minimum absolute atomic E-state index is 0.137. The largest absolute Gasteiger partial charge is 0.363 e. The third-order valence-electron chi connectivity index (χ3n) is 5.17. The first-order valence-electron chi connectivity index (χ1n) is 9.68. The minimum atomic E-state index is -0.137. The van der Waals surface area contributed by atoms with Gasteiger partial charge in [0, 0.05) is 38.7 Å². The maximum Gasteiger partial charge on any atom is 0.291 e. The van der Waals surface area contributed by atoms with E-state index in [-0.39, 0.29) is 5.56 Å². The van der Waals surface area contributed by atoms with E-state index < -0.39 is 0 Å². The van der Waals surface area contributed by atoms with Gasteiger partial charge in [-0.2, -0.15) is 5.10 Å². The van der Waals surface area contributed by atoms with Gasteiger partial charge in [-0.25, -0.2) is 14.6 Å². The van der Waals surface area contributed by atoms with Gasteiger partial charge in [0.15, 0.2) is 5.65 Å². The fourth-order valence-electron chi connectivity index (χ4n) is 3.66. The van der Waals surface area contributed by atoms with Crippen LogP contribution in [0, 0.1) is 0 Å². The van der Waals surface area contributed by atoms with Crippen molar-refractivity contribution in [3.8, 4) is 0 Å². The summed E-state index contributed by atoms with van der Waals surface area (Å²) < 4.78 is 4.34. The van der Waals surface area contributed by atoms with E-state index in [1.165, 1.54) is 4.68 Å². The van der Waals surface area contributed by atoms with Crippen molar-refractivity contribution in [2.75, 3.05) is 25.5 Å². The first kappa shape index (κ1) is 18.7. The highest BCUT2D eigenvalue weighted by molar-refractivity contribution is 7.19. The average Bonchev–Trinajstić information content (AvgIpc) is 3.44. The molecule has 0 amide bonds. The third-order valence-corrected chi connectivity index (χ3v) is 6.25. The number of thiazole rings is 1. The number of nitrogens with zero attached hydrogens (tertiary/aromatic N) is 7. The van der Waals surface area contributed by atoms with Gasteiger partial charge in [-0.15, -0.1) is 11.3 Å². The van der Waals surface area contributed by atoms with E-state index in [1.54, 1.807) is 17.5 Å². The Balaban J connectivity index is 1.54. The van der Waals surface area contributed by atoms with Crippen LogP contribution in [0.2, 0.25) is 0 Å². The van der Waals surface area contributed by atoms with Crippen molar-refractivity contribution in [3.05, 3.63) is 57.6 Å². The van der Waals surface area contributed by atoms with Gasteiger partial charge in [0.1, 0.15) is 16.3 Å². The number of rotatable bonds is 5. The lowest BCUT2D eigenvalue weighted by Gasteiger charge is -2.12. The Morgan fingerprint density at radius 1 is 1.23 bits per heavy atom. The van der Waals surface area contributed by atoms with Crippen LogP contribution in [-0.4, -0.2) is 50.7 Å². The summed E-state index contributed by atoms with van der Waals surface area (Å²) in [7, 11) is 5.77. The van der Waals surface area contributed by atoms with Crippen LogP contribution >= 0.6 is 11.3 Å². The zero-order chi connectivity index (χ0) is 20.8. The van der Waals surface area contributed by atoms with Crippen LogP contribution in [0.25, 0.3) is 21.3 Å². The smallest absolute Gasteiger partial charge is 0.291 e. The third kappa shape index (κ3) is 3.11. The molecular formula is C21H21N7OS. The summed E-state index contributed by atoms with van der Waals surface area (Å²) in [6.07, 6.45) is 6.58. The van der Waals surface area contributed by atoms with Crippen molar-refractivity contribution in [2.45, 2.75) is 13.0 Å². The molecule has 0 atom stereocenters. The maximum atomic E-state index is 13.2. The van der Waals surface area contributed by atoms with Crippen molar-refractivity contribution in [1.82, 2.24) is 24.3 Å². The van der Waals surface area contributed by atoms with Gasteiger partial charge in [-0.3, -0.25) is 9.79 Å². The summed E-state index contributed by atoms with van der Waals surface area (Å²) in [6, 6.07) is 5.78. The Morgan fingerprint density at radius 2 is 2.10 bits per heavy atom. The quantitative estimate of drug-likeness (QED) is 0.496. The summed E-state index contributed by atoms with van der Waals surface area (Å²) in [5.74, 6) is 0.847. The molecule has 0 aliphatic carbocycles. The Labute approximate surface area is 176 Å². The number of aliphatic imine (C=N–C) groups is 1. The zero-order valence-corrected chi connectivity index (χ0v) is 17.8. The summed E-state index contributed by atoms with van der Waals surface area (Å²) in [4.78, 5) is 28.9. The molecule has 0 radical (unpaired) electrons. The highest BCUT2D eigenvalue weighted by atomic mass is 32.1. The first-order chi connectivity index (χ1) is 14.5. The molecule has 30 heavy (non-hydrogen) atoms. The standard InChI is InChI=1S/C21H21N7OS/c1-26(2)16-8-4-6-14(24-16)12-28-21(29)18-15(11-23-28)19-20(27(18)3)25-17(30-19)10-13-7-5-9-22-13/h4-8,11H,9-10,12H2,1-3H3. The molecule has 0 fully saturated rings. The summed E-state index contributed by atoms with van der Waals surface area (Å²) in [6.45, 7) is 1.07. The van der Waals surface area contributed by atoms with E-state index in [9.17, 15) is 4.79 Å². The number of hydrogen-bond acceptors (Lipinski definition) is 7. The summed E-state index contributed by atoms with van der Waals surface area (Å²) >= 11 is 1.61. The van der Waals surface area contributed by atoms with Gasteiger partial charge < -0.3 is 9.47 Å². The number of anilines is 1. The molecule has 9 heteroatoms. The number of pyridine rings is 1. The van der Waals surface area contributed by atoms with Crippen LogP contribution in [0.3, 0.4) is 0 Å². The second-order valence-electron chi connectivity index (χ2n) is 7.48. The molecule has 152 valence electrons. The van der Waals surface area contributed by atoms with E-state index in [0.29, 0.717) is 12.1 Å². The summed E-state index contributed by atoms with van der Waals surface area (Å²) in [5, 5.41) is 6.27. The van der Waals surface area contributed by atoms with Crippen molar-refractivity contribution >= 4 is 44.1 Å². The van der Waals surface area contributed by atoms with Gasteiger partial charge in [0.05, 0.1) is 29.7 Å². The highest BCUT2D eigenvalue weighted by Crippen LogP contribution is 2.31. The van der Waals surface area contributed by atoms with Crippen molar-refractivity contribution in [3.63, 3.8) is 0 Å². The number of fused-ring (bicyclic) bond motifs is 3.